The molecule has 3 aliphatic carbocycles. The lowest BCUT2D eigenvalue weighted by Crippen LogP contribution is -2.07. The van der Waals surface area contributed by atoms with Crippen LogP contribution in [0.15, 0.2) is 0 Å². The Morgan fingerprint density at radius 3 is 2.67 bits per heavy atom. The number of hydrogen-bond donors (Lipinski definition) is 0. The number of hydrogen-bond acceptors (Lipinski definition) is 0. The Labute approximate surface area is 69.5 Å². The van der Waals surface area contributed by atoms with Crippen molar-refractivity contribution in [3.05, 3.63) is 0 Å². The summed E-state index contributed by atoms with van der Waals surface area (Å²) in [6, 6.07) is 0. The summed E-state index contributed by atoms with van der Waals surface area (Å²) in [6.45, 7) is 0. The van der Waals surface area contributed by atoms with Crippen LogP contribution in [0.2, 0.25) is 0 Å². The van der Waals surface area contributed by atoms with Gasteiger partial charge in [-0.1, -0.05) is 22.6 Å². The van der Waals surface area contributed by atoms with Gasteiger partial charge in [-0.2, -0.15) is 0 Å². The summed E-state index contributed by atoms with van der Waals surface area (Å²) >= 11 is 2.70. The quantitative estimate of drug-likeness (QED) is 0.446. The Morgan fingerprint density at radius 1 is 1.44 bits per heavy atom. The minimum Gasteiger partial charge on any atom is -0.0817 e. The van der Waals surface area contributed by atoms with Crippen LogP contribution in [0.4, 0.5) is 0 Å². The summed E-state index contributed by atoms with van der Waals surface area (Å²) < 4.78 is 1.08. The maximum absolute atomic E-state index is 2.70. The zero-order valence-corrected chi connectivity index (χ0v) is 7.60. The van der Waals surface area contributed by atoms with Gasteiger partial charge >= 0.3 is 0 Å². The first-order valence-electron chi connectivity index (χ1n) is 3.97. The van der Waals surface area contributed by atoms with Crippen LogP contribution in [0.3, 0.4) is 0 Å². The first kappa shape index (κ1) is 5.39. The second-order valence-corrected chi connectivity index (χ2v) is 5.41. The van der Waals surface area contributed by atoms with Crippen molar-refractivity contribution in [2.45, 2.75) is 29.6 Å². The van der Waals surface area contributed by atoms with E-state index in [1.54, 1.807) is 25.7 Å². The highest BCUT2D eigenvalue weighted by atomic mass is 127. The molecule has 4 atom stereocenters. The predicted octanol–water partition coefficient (Wildman–Crippen LogP) is 2.61. The van der Waals surface area contributed by atoms with E-state index in [1.807, 2.05) is 0 Å². The fourth-order valence-corrected chi connectivity index (χ4v) is 4.90. The van der Waals surface area contributed by atoms with Crippen molar-refractivity contribution in [3.63, 3.8) is 0 Å². The number of halogens is 1. The van der Waals surface area contributed by atoms with Crippen molar-refractivity contribution in [2.75, 3.05) is 0 Å². The molecule has 1 heteroatoms. The fourth-order valence-electron chi connectivity index (χ4n) is 3.17. The highest BCUT2D eigenvalue weighted by Crippen LogP contribution is 2.75. The van der Waals surface area contributed by atoms with Crippen molar-refractivity contribution in [3.8, 4) is 0 Å². The normalized spacial score (nSPS) is 68.3. The molecule has 0 amide bonds. The molecule has 3 saturated carbocycles. The van der Waals surface area contributed by atoms with E-state index >= 15 is 0 Å². The Bertz CT molecular complexity index is 166. The highest BCUT2D eigenvalue weighted by Gasteiger charge is 2.68. The molecule has 9 heavy (non-hydrogen) atoms. The zero-order valence-electron chi connectivity index (χ0n) is 5.44. The monoisotopic (exact) mass is 234 g/mol. The molecule has 0 heterocycles. The molecule has 2 bridgehead atoms. The first-order chi connectivity index (χ1) is 4.33. The fraction of sp³-hybridized carbons (Fsp3) is 1.00. The minimum absolute atomic E-state index is 0.922. The minimum atomic E-state index is 0.922. The molecule has 0 N–H and O–H groups in total. The molecule has 1 spiro atoms. The van der Waals surface area contributed by atoms with Crippen molar-refractivity contribution in [2.24, 2.45) is 17.3 Å². The number of alkyl halides is 1. The van der Waals surface area contributed by atoms with Gasteiger partial charge < -0.3 is 0 Å². The average Bonchev–Trinajstić information content (AvgIpc) is 2.46. The molecule has 3 fully saturated rings. The molecule has 0 saturated heterocycles. The molecule has 0 nitrogen and oxygen atoms in total. The van der Waals surface area contributed by atoms with Crippen molar-refractivity contribution in [1.82, 2.24) is 0 Å². The number of fused-ring (bicyclic) bond motifs is 1. The van der Waals surface area contributed by atoms with Crippen molar-refractivity contribution < 1.29 is 0 Å². The zero-order chi connectivity index (χ0) is 6.06. The molecule has 50 valence electrons. The van der Waals surface area contributed by atoms with E-state index in [0.717, 1.165) is 15.3 Å². The summed E-state index contributed by atoms with van der Waals surface area (Å²) in [6.07, 6.45) is 6.32. The standard InChI is InChI=1S/C8H11I/c9-7-5-1-2-8(7)4-6(8)3-5/h5-7H,1-4H2/t5?,6-,7?,8?/m0/s1. The Hall–Kier alpha value is 0.730. The molecular weight excluding hydrogens is 223 g/mol. The van der Waals surface area contributed by atoms with Gasteiger partial charge in [-0.05, 0) is 42.9 Å². The third-order valence-electron chi connectivity index (χ3n) is 3.81. The summed E-state index contributed by atoms with van der Waals surface area (Å²) in [5.74, 6) is 2.34. The second kappa shape index (κ2) is 1.34. The van der Waals surface area contributed by atoms with Crippen LogP contribution in [0.25, 0.3) is 0 Å². The van der Waals surface area contributed by atoms with Gasteiger partial charge in [-0.25, -0.2) is 0 Å². The van der Waals surface area contributed by atoms with Crippen LogP contribution in [-0.4, -0.2) is 3.92 Å². The SMILES string of the molecule is IC1C2CCC13C[C@@H]3C2. The molecule has 0 aromatic rings. The summed E-state index contributed by atoms with van der Waals surface area (Å²) in [4.78, 5) is 0. The maximum Gasteiger partial charge on any atom is 0.0197 e. The molecule has 0 aromatic heterocycles. The Balaban J connectivity index is 2.07. The van der Waals surface area contributed by atoms with E-state index < -0.39 is 0 Å². The van der Waals surface area contributed by atoms with E-state index in [9.17, 15) is 0 Å². The van der Waals surface area contributed by atoms with Crippen LogP contribution in [0.5, 0.6) is 0 Å². The van der Waals surface area contributed by atoms with Gasteiger partial charge in [-0.3, -0.25) is 0 Å². The lowest BCUT2D eigenvalue weighted by molar-refractivity contribution is 0.468. The predicted molar refractivity (Wildman–Crippen MR) is 45.7 cm³/mol. The molecule has 0 aromatic carbocycles. The summed E-state index contributed by atoms with van der Waals surface area (Å²) in [7, 11) is 0. The van der Waals surface area contributed by atoms with Crippen molar-refractivity contribution >= 4 is 22.6 Å². The Kier molecular flexibility index (Phi) is 0.802. The average molecular weight is 234 g/mol. The van der Waals surface area contributed by atoms with Gasteiger partial charge in [0.25, 0.3) is 0 Å². The molecule has 0 aliphatic heterocycles. The van der Waals surface area contributed by atoms with Gasteiger partial charge in [0.1, 0.15) is 0 Å². The maximum atomic E-state index is 2.70. The van der Waals surface area contributed by atoms with E-state index in [1.165, 1.54) is 5.92 Å². The van der Waals surface area contributed by atoms with E-state index in [2.05, 4.69) is 22.6 Å². The lowest BCUT2D eigenvalue weighted by atomic mass is 10.0. The molecule has 0 radical (unpaired) electrons. The van der Waals surface area contributed by atoms with Crippen LogP contribution in [0.1, 0.15) is 25.7 Å². The van der Waals surface area contributed by atoms with Gasteiger partial charge in [0.05, 0.1) is 0 Å². The third kappa shape index (κ3) is 0.447. The number of rotatable bonds is 0. The molecule has 3 unspecified atom stereocenters. The highest BCUT2D eigenvalue weighted by molar-refractivity contribution is 14.1. The van der Waals surface area contributed by atoms with Crippen LogP contribution < -0.4 is 0 Å². The van der Waals surface area contributed by atoms with Crippen LogP contribution >= 0.6 is 22.6 Å². The van der Waals surface area contributed by atoms with Crippen LogP contribution in [-0.2, 0) is 0 Å². The third-order valence-corrected chi connectivity index (χ3v) is 6.07. The Morgan fingerprint density at radius 2 is 2.33 bits per heavy atom. The van der Waals surface area contributed by atoms with E-state index in [0.29, 0.717) is 0 Å². The summed E-state index contributed by atoms with van der Waals surface area (Å²) in [5.41, 5.74) is 0.922. The first-order valence-corrected chi connectivity index (χ1v) is 5.21. The summed E-state index contributed by atoms with van der Waals surface area (Å²) in [5, 5.41) is 0. The van der Waals surface area contributed by atoms with E-state index in [-0.39, 0.29) is 0 Å². The lowest BCUT2D eigenvalue weighted by Gasteiger charge is -2.08. The smallest absolute Gasteiger partial charge is 0.0197 e. The van der Waals surface area contributed by atoms with Gasteiger partial charge in [0, 0.05) is 3.92 Å². The largest absolute Gasteiger partial charge is 0.0817 e. The van der Waals surface area contributed by atoms with Gasteiger partial charge in [-0.15, -0.1) is 0 Å². The van der Waals surface area contributed by atoms with Crippen molar-refractivity contribution in [1.29, 1.82) is 0 Å². The van der Waals surface area contributed by atoms with Crippen LogP contribution in [0, 0.1) is 17.3 Å². The second-order valence-electron chi connectivity index (χ2n) is 4.07. The molecular formula is C8H11I. The van der Waals surface area contributed by atoms with Gasteiger partial charge in [0.2, 0.25) is 0 Å². The molecule has 3 rings (SSSR count). The van der Waals surface area contributed by atoms with E-state index in [4.69, 9.17) is 0 Å². The topological polar surface area (TPSA) is 0 Å². The van der Waals surface area contributed by atoms with Gasteiger partial charge in [0.15, 0.2) is 0 Å². The molecule has 3 aliphatic rings.